The maximum absolute atomic E-state index is 12.3. The summed E-state index contributed by atoms with van der Waals surface area (Å²) in [6, 6.07) is -0.641. The third-order valence-electron chi connectivity index (χ3n) is 4.34. The van der Waals surface area contributed by atoms with E-state index in [0.717, 1.165) is 32.1 Å². The van der Waals surface area contributed by atoms with Gasteiger partial charge in [0.05, 0.1) is 0 Å². The van der Waals surface area contributed by atoms with Crippen LogP contribution in [-0.4, -0.2) is 52.1 Å². The van der Waals surface area contributed by atoms with Crippen LogP contribution >= 0.6 is 11.8 Å². The van der Waals surface area contributed by atoms with E-state index in [1.807, 2.05) is 11.8 Å². The lowest BCUT2D eigenvalue weighted by Crippen LogP contribution is -2.54. The fourth-order valence-corrected chi connectivity index (χ4v) is 4.01. The molecule has 0 aromatic heterocycles. The zero-order valence-corrected chi connectivity index (χ0v) is 12.8. The van der Waals surface area contributed by atoms with Crippen LogP contribution < -0.4 is 5.32 Å². The second kappa shape index (κ2) is 7.20. The average molecular weight is 300 g/mol. The molecule has 1 saturated heterocycles. The van der Waals surface area contributed by atoms with Crippen molar-refractivity contribution < 1.29 is 14.7 Å². The Kier molecular flexibility index (Phi) is 5.57. The van der Waals surface area contributed by atoms with Crippen molar-refractivity contribution in [3.05, 3.63) is 0 Å². The van der Waals surface area contributed by atoms with Gasteiger partial charge in [0, 0.05) is 17.8 Å². The minimum Gasteiger partial charge on any atom is -0.480 e. The molecule has 1 aliphatic carbocycles. The van der Waals surface area contributed by atoms with Gasteiger partial charge < -0.3 is 15.3 Å². The molecule has 2 aliphatic rings. The lowest BCUT2D eigenvalue weighted by Gasteiger charge is -2.36. The Morgan fingerprint density at radius 2 is 2.00 bits per heavy atom. The van der Waals surface area contributed by atoms with Crippen LogP contribution in [0.5, 0.6) is 0 Å². The first kappa shape index (κ1) is 15.5. The van der Waals surface area contributed by atoms with Crippen molar-refractivity contribution in [1.82, 2.24) is 10.2 Å². The van der Waals surface area contributed by atoms with Crippen LogP contribution in [0, 0.1) is 0 Å². The molecule has 0 spiro atoms. The monoisotopic (exact) mass is 300 g/mol. The maximum atomic E-state index is 12.3. The van der Waals surface area contributed by atoms with Crippen molar-refractivity contribution >= 4 is 23.8 Å². The molecule has 3 atom stereocenters. The number of likely N-dealkylation sites (tertiary alicyclic amines) is 1. The van der Waals surface area contributed by atoms with Crippen molar-refractivity contribution in [1.29, 1.82) is 0 Å². The zero-order chi connectivity index (χ0) is 14.5. The van der Waals surface area contributed by atoms with Crippen molar-refractivity contribution in [2.75, 3.05) is 12.8 Å². The molecule has 1 saturated carbocycles. The van der Waals surface area contributed by atoms with Crippen molar-refractivity contribution in [3.8, 4) is 0 Å². The molecule has 5 nitrogen and oxygen atoms in total. The molecule has 3 unspecified atom stereocenters. The van der Waals surface area contributed by atoms with Gasteiger partial charge in [-0.15, -0.1) is 0 Å². The number of aliphatic carboxylic acids is 1. The molecule has 20 heavy (non-hydrogen) atoms. The number of urea groups is 1. The molecule has 2 rings (SSSR count). The van der Waals surface area contributed by atoms with Gasteiger partial charge in [-0.1, -0.05) is 6.42 Å². The van der Waals surface area contributed by atoms with Gasteiger partial charge in [0.15, 0.2) is 0 Å². The summed E-state index contributed by atoms with van der Waals surface area (Å²) in [6.45, 7) is 0.557. The number of nitrogens with zero attached hydrogens (tertiary/aromatic N) is 1. The molecule has 0 aromatic rings. The van der Waals surface area contributed by atoms with E-state index in [9.17, 15) is 14.7 Å². The summed E-state index contributed by atoms with van der Waals surface area (Å²) in [5.74, 6) is -0.884. The Morgan fingerprint density at radius 3 is 2.70 bits per heavy atom. The summed E-state index contributed by atoms with van der Waals surface area (Å²) in [6.07, 6.45) is 8.83. The van der Waals surface area contributed by atoms with Crippen molar-refractivity contribution in [2.45, 2.75) is 62.3 Å². The van der Waals surface area contributed by atoms with Crippen LogP contribution in [0.4, 0.5) is 4.79 Å². The number of hydrogen-bond donors (Lipinski definition) is 2. The number of carboxylic acid groups (broad SMARTS) is 1. The van der Waals surface area contributed by atoms with E-state index in [1.54, 1.807) is 0 Å². The number of thioether (sulfide) groups is 1. The van der Waals surface area contributed by atoms with E-state index in [4.69, 9.17) is 0 Å². The number of carbonyl (C=O) groups is 2. The highest BCUT2D eigenvalue weighted by atomic mass is 32.2. The molecule has 1 aliphatic heterocycles. The number of piperidine rings is 1. The van der Waals surface area contributed by atoms with Crippen LogP contribution in [0.3, 0.4) is 0 Å². The van der Waals surface area contributed by atoms with Gasteiger partial charge >= 0.3 is 12.0 Å². The predicted molar refractivity (Wildman–Crippen MR) is 80.1 cm³/mol. The molecule has 1 heterocycles. The van der Waals surface area contributed by atoms with Gasteiger partial charge in [-0.05, 0) is 44.8 Å². The SMILES string of the molecule is CSC1CCCC(NC(=O)N2CCCCC2C(=O)O)C1. The van der Waals surface area contributed by atoms with Crippen molar-refractivity contribution in [3.63, 3.8) is 0 Å². The fraction of sp³-hybridized carbons (Fsp3) is 0.857. The lowest BCUT2D eigenvalue weighted by atomic mass is 9.95. The molecular formula is C14H24N2O3S. The largest absolute Gasteiger partial charge is 0.480 e. The van der Waals surface area contributed by atoms with Crippen LogP contribution in [0.15, 0.2) is 0 Å². The standard InChI is InChI=1S/C14H24N2O3S/c1-20-11-6-4-5-10(9-11)15-14(19)16-8-3-2-7-12(16)13(17)18/h10-12H,2-9H2,1H3,(H,15,19)(H,17,18). The van der Waals surface area contributed by atoms with E-state index < -0.39 is 12.0 Å². The Morgan fingerprint density at radius 1 is 1.20 bits per heavy atom. The second-order valence-electron chi connectivity index (χ2n) is 5.71. The lowest BCUT2D eigenvalue weighted by molar-refractivity contribution is -0.143. The highest BCUT2D eigenvalue weighted by Crippen LogP contribution is 2.27. The summed E-state index contributed by atoms with van der Waals surface area (Å²) in [7, 11) is 0. The van der Waals surface area contributed by atoms with Crippen LogP contribution in [0.1, 0.15) is 44.9 Å². The summed E-state index contributed by atoms with van der Waals surface area (Å²) in [4.78, 5) is 25.1. The van der Waals surface area contributed by atoms with E-state index in [0.29, 0.717) is 18.2 Å². The molecule has 114 valence electrons. The summed E-state index contributed by atoms with van der Waals surface area (Å²) < 4.78 is 0. The number of nitrogens with one attached hydrogen (secondary N) is 1. The number of amides is 2. The molecule has 6 heteroatoms. The van der Waals surface area contributed by atoms with Crippen molar-refractivity contribution in [2.24, 2.45) is 0 Å². The van der Waals surface area contributed by atoms with E-state index >= 15 is 0 Å². The normalized spacial score (nSPS) is 30.9. The molecule has 2 amide bonds. The Bertz CT molecular complexity index is 364. The first-order valence-electron chi connectivity index (χ1n) is 7.44. The highest BCUT2D eigenvalue weighted by Gasteiger charge is 2.33. The quantitative estimate of drug-likeness (QED) is 0.839. The van der Waals surface area contributed by atoms with Crippen LogP contribution in [0.25, 0.3) is 0 Å². The fourth-order valence-electron chi connectivity index (χ4n) is 3.18. The second-order valence-corrected chi connectivity index (χ2v) is 6.85. The van der Waals surface area contributed by atoms with Gasteiger partial charge in [-0.3, -0.25) is 0 Å². The minimum absolute atomic E-state index is 0.191. The van der Waals surface area contributed by atoms with Crippen LogP contribution in [-0.2, 0) is 4.79 Å². The minimum atomic E-state index is -0.884. The zero-order valence-electron chi connectivity index (χ0n) is 12.0. The summed E-state index contributed by atoms with van der Waals surface area (Å²) >= 11 is 1.86. The topological polar surface area (TPSA) is 69.6 Å². The number of rotatable bonds is 3. The van der Waals surface area contributed by atoms with Crippen LogP contribution in [0.2, 0.25) is 0 Å². The number of carboxylic acids is 1. The van der Waals surface area contributed by atoms with E-state index in [1.165, 1.54) is 11.3 Å². The highest BCUT2D eigenvalue weighted by molar-refractivity contribution is 7.99. The first-order valence-corrected chi connectivity index (χ1v) is 8.73. The van der Waals surface area contributed by atoms with Gasteiger partial charge in [0.1, 0.15) is 6.04 Å². The molecule has 0 radical (unpaired) electrons. The number of carbonyl (C=O) groups excluding carboxylic acids is 1. The van der Waals surface area contributed by atoms with Gasteiger partial charge in [-0.2, -0.15) is 11.8 Å². The molecule has 2 N–H and O–H groups in total. The maximum Gasteiger partial charge on any atom is 0.326 e. The third kappa shape index (κ3) is 3.81. The average Bonchev–Trinajstić information content (AvgIpc) is 2.47. The number of hydrogen-bond acceptors (Lipinski definition) is 3. The molecule has 2 fully saturated rings. The Hall–Kier alpha value is -0.910. The summed E-state index contributed by atoms with van der Waals surface area (Å²) in [5.41, 5.74) is 0. The summed E-state index contributed by atoms with van der Waals surface area (Å²) in [5, 5.41) is 12.9. The Labute approximate surface area is 124 Å². The Balaban J connectivity index is 1.91. The molecular weight excluding hydrogens is 276 g/mol. The van der Waals surface area contributed by atoms with Gasteiger partial charge in [0.2, 0.25) is 0 Å². The molecule has 0 aromatic carbocycles. The van der Waals surface area contributed by atoms with Gasteiger partial charge in [0.25, 0.3) is 0 Å². The van der Waals surface area contributed by atoms with Gasteiger partial charge in [-0.25, -0.2) is 9.59 Å². The predicted octanol–water partition coefficient (Wildman–Crippen LogP) is 2.31. The van der Waals surface area contributed by atoms with E-state index in [-0.39, 0.29) is 12.1 Å². The third-order valence-corrected chi connectivity index (χ3v) is 5.43. The smallest absolute Gasteiger partial charge is 0.326 e. The van der Waals surface area contributed by atoms with E-state index in [2.05, 4.69) is 11.6 Å². The first-order chi connectivity index (χ1) is 9.61. The molecule has 0 bridgehead atoms.